The Morgan fingerprint density at radius 3 is 2.67 bits per heavy atom. The van der Waals surface area contributed by atoms with E-state index in [9.17, 15) is 15.0 Å². The van der Waals surface area contributed by atoms with Gasteiger partial charge < -0.3 is 14.9 Å². The highest BCUT2D eigenvalue weighted by Gasteiger charge is 2.49. The number of hydrogen-bond donors (Lipinski definition) is 2. The quantitative estimate of drug-likeness (QED) is 0.829. The summed E-state index contributed by atoms with van der Waals surface area (Å²) in [5, 5.41) is 21.4. The molecule has 3 atom stereocenters. The third-order valence-electron chi connectivity index (χ3n) is 4.20. The van der Waals surface area contributed by atoms with E-state index < -0.39 is 17.8 Å². The minimum atomic E-state index is -1.64. The van der Waals surface area contributed by atoms with Crippen LogP contribution in [0.3, 0.4) is 0 Å². The Morgan fingerprint density at radius 1 is 1.25 bits per heavy atom. The Morgan fingerprint density at radius 2 is 2.00 bits per heavy atom. The van der Waals surface area contributed by atoms with Crippen LogP contribution in [0.15, 0.2) is 48.7 Å². The number of nitrogens with zero attached hydrogens (tertiary/aromatic N) is 1. The van der Waals surface area contributed by atoms with Crippen molar-refractivity contribution in [3.05, 3.63) is 64.9 Å². The summed E-state index contributed by atoms with van der Waals surface area (Å²) in [6.07, 6.45) is -0.615. The predicted molar refractivity (Wildman–Crippen MR) is 88.4 cm³/mol. The number of Topliss-reactive ketones (excluding diaryl/α,β-unsaturated/α-hetero) is 1. The minimum Gasteiger partial charge on any atom is -0.393 e. The standard InChI is InChI=1S/C18H18ClNO4/c19-16-7-6-13(10-20-16)18(23)9-14(21)8-15(22)17(18)24-11-12-4-2-1-3-5-12/h1-7,10,14,17,21,23H,8-9,11H2/t14-,17-,18-/m1/s1. The lowest BCUT2D eigenvalue weighted by molar-refractivity contribution is -0.177. The normalized spacial score (nSPS) is 27.2. The van der Waals surface area contributed by atoms with Crippen molar-refractivity contribution in [2.24, 2.45) is 0 Å². The second kappa shape index (κ2) is 6.99. The third kappa shape index (κ3) is 3.49. The largest absolute Gasteiger partial charge is 0.393 e. The number of aromatic nitrogens is 1. The molecular weight excluding hydrogens is 330 g/mol. The minimum absolute atomic E-state index is 0.00150. The molecule has 0 spiro atoms. The zero-order chi connectivity index (χ0) is 17.2. The Hall–Kier alpha value is -1.79. The molecule has 1 saturated carbocycles. The first-order valence-electron chi connectivity index (χ1n) is 7.70. The topological polar surface area (TPSA) is 79.7 Å². The summed E-state index contributed by atoms with van der Waals surface area (Å²) in [6, 6.07) is 12.5. The molecule has 1 aliphatic rings. The molecule has 1 aromatic carbocycles. The van der Waals surface area contributed by atoms with Gasteiger partial charge in [0.1, 0.15) is 16.9 Å². The van der Waals surface area contributed by atoms with Crippen LogP contribution < -0.4 is 0 Å². The van der Waals surface area contributed by atoms with E-state index in [1.54, 1.807) is 6.07 Å². The molecule has 1 heterocycles. The highest BCUT2D eigenvalue weighted by molar-refractivity contribution is 6.29. The second-order valence-electron chi connectivity index (χ2n) is 6.00. The predicted octanol–water partition coefficient (Wildman–Crippen LogP) is 2.23. The number of ether oxygens (including phenoxy) is 1. The van der Waals surface area contributed by atoms with Crippen molar-refractivity contribution in [1.29, 1.82) is 0 Å². The summed E-state index contributed by atoms with van der Waals surface area (Å²) in [6.45, 7) is 0.191. The SMILES string of the molecule is O=C1C[C@@H](O)C[C@@](O)(c2ccc(Cl)nc2)[C@@H]1OCc1ccccc1. The average Bonchev–Trinajstić information content (AvgIpc) is 2.55. The van der Waals surface area contributed by atoms with Crippen LogP contribution in [-0.2, 0) is 21.7 Å². The van der Waals surface area contributed by atoms with E-state index in [2.05, 4.69) is 4.98 Å². The monoisotopic (exact) mass is 347 g/mol. The van der Waals surface area contributed by atoms with Crippen LogP contribution in [0.2, 0.25) is 5.15 Å². The Balaban J connectivity index is 1.87. The summed E-state index contributed by atoms with van der Waals surface area (Å²) < 4.78 is 5.76. The van der Waals surface area contributed by atoms with Crippen LogP contribution in [0.5, 0.6) is 0 Å². The third-order valence-corrected chi connectivity index (χ3v) is 4.42. The molecule has 0 amide bonds. The lowest BCUT2D eigenvalue weighted by atomic mass is 9.76. The molecule has 0 unspecified atom stereocenters. The summed E-state index contributed by atoms with van der Waals surface area (Å²) in [5.74, 6) is -0.331. The first-order valence-corrected chi connectivity index (χ1v) is 8.07. The van der Waals surface area contributed by atoms with Gasteiger partial charge in [-0.25, -0.2) is 4.98 Å². The number of hydrogen-bond acceptors (Lipinski definition) is 5. The van der Waals surface area contributed by atoms with Gasteiger partial charge in [-0.05, 0) is 11.6 Å². The van der Waals surface area contributed by atoms with E-state index in [0.29, 0.717) is 5.56 Å². The maximum absolute atomic E-state index is 12.4. The Labute approximate surface area is 144 Å². The molecule has 2 aromatic rings. The van der Waals surface area contributed by atoms with E-state index in [4.69, 9.17) is 16.3 Å². The number of carbonyl (C=O) groups is 1. The molecule has 0 radical (unpaired) electrons. The average molecular weight is 348 g/mol. The number of rotatable bonds is 4. The highest BCUT2D eigenvalue weighted by Crippen LogP contribution is 2.38. The van der Waals surface area contributed by atoms with Gasteiger partial charge in [0, 0.05) is 24.6 Å². The lowest BCUT2D eigenvalue weighted by Gasteiger charge is -2.40. The zero-order valence-corrected chi connectivity index (χ0v) is 13.7. The summed E-state index contributed by atoms with van der Waals surface area (Å²) >= 11 is 5.79. The van der Waals surface area contributed by atoms with E-state index in [1.807, 2.05) is 30.3 Å². The molecule has 1 fully saturated rings. The summed E-state index contributed by atoms with van der Waals surface area (Å²) in [5.41, 5.74) is -0.341. The number of ketones is 1. The molecule has 0 aliphatic heterocycles. The second-order valence-corrected chi connectivity index (χ2v) is 6.39. The zero-order valence-electron chi connectivity index (χ0n) is 12.9. The molecule has 1 aromatic heterocycles. The Bertz CT molecular complexity index is 707. The molecule has 126 valence electrons. The van der Waals surface area contributed by atoms with E-state index in [0.717, 1.165) is 5.56 Å². The van der Waals surface area contributed by atoms with Gasteiger partial charge in [0.2, 0.25) is 0 Å². The molecule has 0 bridgehead atoms. The van der Waals surface area contributed by atoms with Gasteiger partial charge in [0.15, 0.2) is 5.78 Å². The fourth-order valence-electron chi connectivity index (χ4n) is 3.03. The van der Waals surface area contributed by atoms with Gasteiger partial charge in [-0.15, -0.1) is 0 Å². The van der Waals surface area contributed by atoms with Crippen LogP contribution in [0, 0.1) is 0 Å². The Kier molecular flexibility index (Phi) is 4.96. The van der Waals surface area contributed by atoms with Crippen molar-refractivity contribution in [2.75, 3.05) is 0 Å². The van der Waals surface area contributed by atoms with Gasteiger partial charge in [-0.2, -0.15) is 0 Å². The molecule has 24 heavy (non-hydrogen) atoms. The van der Waals surface area contributed by atoms with E-state index in [-0.39, 0.29) is 30.4 Å². The van der Waals surface area contributed by atoms with Crippen LogP contribution in [0.4, 0.5) is 0 Å². The number of benzene rings is 1. The van der Waals surface area contributed by atoms with Gasteiger partial charge in [0.05, 0.1) is 12.7 Å². The van der Waals surface area contributed by atoms with Crippen LogP contribution in [0.1, 0.15) is 24.0 Å². The van der Waals surface area contributed by atoms with Crippen LogP contribution in [-0.4, -0.2) is 33.2 Å². The molecule has 0 saturated heterocycles. The van der Waals surface area contributed by atoms with Gasteiger partial charge in [0.25, 0.3) is 0 Å². The van der Waals surface area contributed by atoms with E-state index >= 15 is 0 Å². The maximum atomic E-state index is 12.4. The maximum Gasteiger partial charge on any atom is 0.167 e. The molecular formula is C18H18ClNO4. The molecule has 2 N–H and O–H groups in total. The first kappa shape index (κ1) is 17.0. The summed E-state index contributed by atoms with van der Waals surface area (Å²) in [7, 11) is 0. The number of carbonyl (C=O) groups excluding carboxylic acids is 1. The van der Waals surface area contributed by atoms with Crippen molar-refractivity contribution in [2.45, 2.75) is 37.3 Å². The van der Waals surface area contributed by atoms with Gasteiger partial charge in [-0.3, -0.25) is 4.79 Å². The van der Waals surface area contributed by atoms with Crippen molar-refractivity contribution in [3.8, 4) is 0 Å². The first-order chi connectivity index (χ1) is 11.5. The molecule has 3 rings (SSSR count). The smallest absolute Gasteiger partial charge is 0.167 e. The van der Waals surface area contributed by atoms with Crippen molar-refractivity contribution in [1.82, 2.24) is 4.98 Å². The number of pyridine rings is 1. The molecule has 5 nitrogen and oxygen atoms in total. The molecule has 6 heteroatoms. The fourth-order valence-corrected chi connectivity index (χ4v) is 3.14. The van der Waals surface area contributed by atoms with Crippen molar-refractivity contribution in [3.63, 3.8) is 0 Å². The molecule has 1 aliphatic carbocycles. The summed E-state index contributed by atoms with van der Waals surface area (Å²) in [4.78, 5) is 16.3. The number of aliphatic hydroxyl groups is 2. The fraction of sp³-hybridized carbons (Fsp3) is 0.333. The van der Waals surface area contributed by atoms with Gasteiger partial charge in [-0.1, -0.05) is 48.0 Å². The van der Waals surface area contributed by atoms with E-state index in [1.165, 1.54) is 12.3 Å². The van der Waals surface area contributed by atoms with Crippen LogP contribution in [0.25, 0.3) is 0 Å². The number of aliphatic hydroxyl groups excluding tert-OH is 1. The number of halogens is 1. The van der Waals surface area contributed by atoms with Crippen molar-refractivity contribution >= 4 is 17.4 Å². The highest BCUT2D eigenvalue weighted by atomic mass is 35.5. The van der Waals surface area contributed by atoms with Crippen LogP contribution >= 0.6 is 11.6 Å². The van der Waals surface area contributed by atoms with Crippen molar-refractivity contribution < 1.29 is 19.7 Å². The van der Waals surface area contributed by atoms with Gasteiger partial charge >= 0.3 is 0 Å². The lowest BCUT2D eigenvalue weighted by Crippen LogP contribution is -2.53.